The van der Waals surface area contributed by atoms with Crippen LogP contribution in [0.3, 0.4) is 0 Å². The van der Waals surface area contributed by atoms with Crippen molar-refractivity contribution in [3.05, 3.63) is 60.8 Å². The van der Waals surface area contributed by atoms with E-state index in [-0.39, 0.29) is 13.0 Å². The van der Waals surface area contributed by atoms with E-state index in [0.29, 0.717) is 13.0 Å². The maximum atomic E-state index is 12.7. The monoisotopic (exact) mass is 964 g/mol. The van der Waals surface area contributed by atoms with Gasteiger partial charge in [-0.3, -0.25) is 18.6 Å². The number of unbranched alkanes of at least 4 members (excludes halogenated alkanes) is 28. The maximum absolute atomic E-state index is 12.7. The van der Waals surface area contributed by atoms with E-state index >= 15 is 0 Å². The van der Waals surface area contributed by atoms with Crippen molar-refractivity contribution in [3.8, 4) is 0 Å². The van der Waals surface area contributed by atoms with E-state index in [1.165, 1.54) is 141 Å². The zero-order chi connectivity index (χ0) is 49.0. The number of ether oxygens (including phenoxy) is 2. The summed E-state index contributed by atoms with van der Waals surface area (Å²) in [5, 5.41) is 8.94. The zero-order valence-corrected chi connectivity index (χ0v) is 43.9. The van der Waals surface area contributed by atoms with Gasteiger partial charge in [-0.25, -0.2) is 4.57 Å². The van der Waals surface area contributed by atoms with Gasteiger partial charge >= 0.3 is 19.8 Å². The van der Waals surface area contributed by atoms with Crippen molar-refractivity contribution < 1.29 is 42.7 Å². The van der Waals surface area contributed by atoms with Gasteiger partial charge < -0.3 is 25.2 Å². The standard InChI is InChI=1S/C56H102NO9P/c1-3-5-7-9-11-13-15-17-19-21-23-25-27-28-30-32-34-36-38-40-42-44-46-48-55(58)66-53(51-64-67(61,62)65-52-54(57)56(59)60)50-63-49-47-45-43-41-39-37-35-33-31-29-26-24-22-20-18-16-14-12-10-8-6-4-2/h5,7,11,13,17,19,23,25,28,30,53-54H,3-4,6,8-10,12,14-16,18,20-22,24,26-27,29,31-52,57H2,1-2H3,(H,59,60)(H,61,62)/b7-5-,13-11-,19-17-,25-23-,30-28-. The summed E-state index contributed by atoms with van der Waals surface area (Å²) in [6.07, 6.45) is 64.2. The van der Waals surface area contributed by atoms with Crippen molar-refractivity contribution in [3.63, 3.8) is 0 Å². The summed E-state index contributed by atoms with van der Waals surface area (Å²) >= 11 is 0. The van der Waals surface area contributed by atoms with Crippen LogP contribution >= 0.6 is 7.82 Å². The zero-order valence-electron chi connectivity index (χ0n) is 43.0. The number of aliphatic carboxylic acids is 1. The van der Waals surface area contributed by atoms with Crippen molar-refractivity contribution in [2.24, 2.45) is 5.73 Å². The third-order valence-electron chi connectivity index (χ3n) is 11.8. The number of nitrogens with two attached hydrogens (primary N) is 1. The van der Waals surface area contributed by atoms with Gasteiger partial charge in [-0.1, -0.05) is 242 Å². The Labute approximate surface area is 411 Å². The molecule has 0 bridgehead atoms. The van der Waals surface area contributed by atoms with Crippen LogP contribution in [0, 0.1) is 0 Å². The van der Waals surface area contributed by atoms with Gasteiger partial charge in [-0.15, -0.1) is 0 Å². The second-order valence-corrected chi connectivity index (χ2v) is 19.8. The molecule has 11 heteroatoms. The second kappa shape index (κ2) is 51.5. The van der Waals surface area contributed by atoms with Gasteiger partial charge in [0.2, 0.25) is 0 Å². The first-order chi connectivity index (χ1) is 32.7. The lowest BCUT2D eigenvalue weighted by molar-refractivity contribution is -0.154. The van der Waals surface area contributed by atoms with Crippen LogP contribution in [0.15, 0.2) is 60.8 Å². The Balaban J connectivity index is 4.12. The van der Waals surface area contributed by atoms with Crippen LogP contribution < -0.4 is 5.73 Å². The summed E-state index contributed by atoms with van der Waals surface area (Å²) in [5.41, 5.74) is 5.38. The first-order valence-corrected chi connectivity index (χ1v) is 28.8. The average molecular weight is 964 g/mol. The average Bonchev–Trinajstić information content (AvgIpc) is 3.31. The van der Waals surface area contributed by atoms with Crippen LogP contribution in [0.1, 0.15) is 245 Å². The van der Waals surface area contributed by atoms with Crippen molar-refractivity contribution >= 4 is 19.8 Å². The number of phosphoric acid groups is 1. The molecule has 390 valence electrons. The molecule has 0 rings (SSSR count). The molecule has 10 nitrogen and oxygen atoms in total. The summed E-state index contributed by atoms with van der Waals surface area (Å²) in [6.45, 7) is 3.80. The SMILES string of the molecule is CC/C=C\C/C=C\C/C=C\C/C=C\C/C=C\CCCCCCCCCC(=O)OC(COCCCCCCCCCCCCCCCCCCCCCCCC)COP(=O)(O)OCC(N)C(=O)O. The lowest BCUT2D eigenvalue weighted by atomic mass is 10.0. The Kier molecular flexibility index (Phi) is 49.7. The predicted molar refractivity (Wildman–Crippen MR) is 281 cm³/mol. The maximum Gasteiger partial charge on any atom is 0.472 e. The third kappa shape index (κ3) is 51.4. The van der Waals surface area contributed by atoms with Gasteiger partial charge in [0, 0.05) is 13.0 Å². The molecule has 0 amide bonds. The summed E-state index contributed by atoms with van der Waals surface area (Å²) < 4.78 is 33.6. The van der Waals surface area contributed by atoms with Crippen LogP contribution in [0.25, 0.3) is 0 Å². The number of rotatable bonds is 52. The Bertz CT molecular complexity index is 1300. The summed E-state index contributed by atoms with van der Waals surface area (Å²) in [5.74, 6) is -1.78. The Morgan fingerprint density at radius 1 is 0.493 bits per heavy atom. The number of phosphoric ester groups is 1. The number of hydrogen-bond donors (Lipinski definition) is 3. The fraction of sp³-hybridized carbons (Fsp3) is 0.786. The van der Waals surface area contributed by atoms with Crippen LogP contribution in [-0.2, 0) is 32.7 Å². The molecule has 0 saturated carbocycles. The van der Waals surface area contributed by atoms with Gasteiger partial charge in [0.15, 0.2) is 0 Å². The van der Waals surface area contributed by atoms with Gasteiger partial charge in [0.05, 0.1) is 19.8 Å². The molecule has 0 heterocycles. The highest BCUT2D eigenvalue weighted by Crippen LogP contribution is 2.43. The molecule has 67 heavy (non-hydrogen) atoms. The highest BCUT2D eigenvalue weighted by atomic mass is 31.2. The van der Waals surface area contributed by atoms with E-state index in [9.17, 15) is 19.0 Å². The lowest BCUT2D eigenvalue weighted by Crippen LogP contribution is -2.34. The Hall–Kier alpha value is -2.33. The number of carbonyl (C=O) groups excluding carboxylic acids is 1. The third-order valence-corrected chi connectivity index (χ3v) is 12.8. The van der Waals surface area contributed by atoms with Crippen molar-refractivity contribution in [2.75, 3.05) is 26.4 Å². The lowest BCUT2D eigenvalue weighted by Gasteiger charge is -2.20. The minimum atomic E-state index is -4.63. The summed E-state index contributed by atoms with van der Waals surface area (Å²) in [4.78, 5) is 33.8. The molecule has 0 aromatic heterocycles. The van der Waals surface area contributed by atoms with Crippen LogP contribution in [0.4, 0.5) is 0 Å². The molecule has 4 N–H and O–H groups in total. The largest absolute Gasteiger partial charge is 0.480 e. The fourth-order valence-electron chi connectivity index (χ4n) is 7.63. The van der Waals surface area contributed by atoms with E-state index in [1.54, 1.807) is 0 Å². The molecule has 0 aromatic rings. The minimum absolute atomic E-state index is 0.0132. The molecular formula is C56H102NO9P. The number of carboxylic acids is 1. The van der Waals surface area contributed by atoms with Gasteiger partial charge in [0.25, 0.3) is 0 Å². The van der Waals surface area contributed by atoms with Crippen molar-refractivity contribution in [1.29, 1.82) is 0 Å². The van der Waals surface area contributed by atoms with E-state index < -0.39 is 45.1 Å². The normalized spacial score (nSPS) is 14.1. The molecule has 0 saturated heterocycles. The summed E-state index contributed by atoms with van der Waals surface area (Å²) in [7, 11) is -4.63. The molecule has 0 spiro atoms. The van der Waals surface area contributed by atoms with E-state index in [0.717, 1.165) is 77.0 Å². The number of carboxylic acid groups (broad SMARTS) is 1. The van der Waals surface area contributed by atoms with E-state index in [1.807, 2.05) is 0 Å². The first-order valence-electron chi connectivity index (χ1n) is 27.3. The smallest absolute Gasteiger partial charge is 0.472 e. The number of esters is 1. The fourth-order valence-corrected chi connectivity index (χ4v) is 8.41. The quantitative estimate of drug-likeness (QED) is 0.0232. The Morgan fingerprint density at radius 2 is 0.866 bits per heavy atom. The van der Waals surface area contributed by atoms with Crippen LogP contribution in [0.2, 0.25) is 0 Å². The molecule has 0 aliphatic carbocycles. The minimum Gasteiger partial charge on any atom is -0.480 e. The van der Waals surface area contributed by atoms with Gasteiger partial charge in [-0.2, -0.15) is 0 Å². The van der Waals surface area contributed by atoms with Gasteiger partial charge in [-0.05, 0) is 57.8 Å². The van der Waals surface area contributed by atoms with Crippen LogP contribution in [0.5, 0.6) is 0 Å². The number of hydrogen-bond acceptors (Lipinski definition) is 8. The molecule has 0 aliphatic heterocycles. The van der Waals surface area contributed by atoms with Gasteiger partial charge in [0.1, 0.15) is 12.1 Å². The topological polar surface area (TPSA) is 155 Å². The molecule has 0 aromatic carbocycles. The molecule has 0 aliphatic rings. The predicted octanol–water partition coefficient (Wildman–Crippen LogP) is 16.3. The second-order valence-electron chi connectivity index (χ2n) is 18.3. The molecule has 3 unspecified atom stereocenters. The molecule has 0 fully saturated rings. The first kappa shape index (κ1) is 64.7. The van der Waals surface area contributed by atoms with Crippen LogP contribution in [-0.4, -0.2) is 60.5 Å². The molecular weight excluding hydrogens is 862 g/mol. The van der Waals surface area contributed by atoms with Crippen molar-refractivity contribution in [1.82, 2.24) is 0 Å². The number of carbonyl (C=O) groups is 2. The van der Waals surface area contributed by atoms with E-state index in [2.05, 4.69) is 74.6 Å². The molecule has 0 radical (unpaired) electrons. The highest BCUT2D eigenvalue weighted by Gasteiger charge is 2.27. The number of allylic oxidation sites excluding steroid dienone is 10. The molecule has 3 atom stereocenters. The van der Waals surface area contributed by atoms with Crippen molar-refractivity contribution in [2.45, 2.75) is 257 Å². The highest BCUT2D eigenvalue weighted by molar-refractivity contribution is 7.47. The summed E-state index contributed by atoms with van der Waals surface area (Å²) in [6, 6.07) is -1.48. The van der Waals surface area contributed by atoms with E-state index in [4.69, 9.17) is 29.4 Å². The Morgan fingerprint density at radius 3 is 1.30 bits per heavy atom.